The Morgan fingerprint density at radius 3 is 2.21 bits per heavy atom. The van der Waals surface area contributed by atoms with Crippen molar-refractivity contribution in [1.29, 1.82) is 0 Å². The summed E-state index contributed by atoms with van der Waals surface area (Å²) in [7, 11) is 0. The molecule has 0 aliphatic carbocycles. The van der Waals surface area contributed by atoms with E-state index in [4.69, 9.17) is 4.42 Å². The summed E-state index contributed by atoms with van der Waals surface area (Å²) in [5, 5.41) is 0. The fraction of sp³-hybridized carbons (Fsp3) is 0.250. The summed E-state index contributed by atoms with van der Waals surface area (Å²) >= 11 is 0. The van der Waals surface area contributed by atoms with Crippen LogP contribution in [0.3, 0.4) is 0 Å². The number of hydrogen-bond acceptors (Lipinski definition) is 1. The van der Waals surface area contributed by atoms with E-state index >= 15 is 0 Å². The van der Waals surface area contributed by atoms with E-state index in [0.29, 0.717) is 0 Å². The SMILES string of the molecule is C=CCc1bc(CC=C)c(CC=C)o1. The van der Waals surface area contributed by atoms with Gasteiger partial charge in [0, 0.05) is 0 Å². The first-order valence-corrected chi connectivity index (χ1v) is 4.75. The van der Waals surface area contributed by atoms with Crippen LogP contribution in [-0.4, -0.2) is 6.91 Å². The van der Waals surface area contributed by atoms with Gasteiger partial charge >= 0.3 is 85.4 Å². The molecule has 0 radical (unpaired) electrons. The van der Waals surface area contributed by atoms with Crippen molar-refractivity contribution in [3.05, 3.63) is 54.8 Å². The van der Waals surface area contributed by atoms with Crippen molar-refractivity contribution >= 4 is 6.91 Å². The van der Waals surface area contributed by atoms with Crippen LogP contribution in [0.5, 0.6) is 0 Å². The molecular weight excluding hydrogens is 171 g/mol. The van der Waals surface area contributed by atoms with Gasteiger partial charge in [0.1, 0.15) is 0 Å². The normalized spacial score (nSPS) is 9.43. The molecule has 1 rings (SSSR count). The van der Waals surface area contributed by atoms with Gasteiger partial charge in [-0.05, 0) is 0 Å². The van der Waals surface area contributed by atoms with Crippen molar-refractivity contribution in [3.8, 4) is 0 Å². The number of hydrogen-bond donors (Lipinski definition) is 0. The molecular formula is C12H15BO. The monoisotopic (exact) mass is 186 g/mol. The summed E-state index contributed by atoms with van der Waals surface area (Å²) in [5.41, 5.74) is 2.17. The molecule has 0 bridgehead atoms. The Hall–Kier alpha value is -1.31. The van der Waals surface area contributed by atoms with Gasteiger partial charge < -0.3 is 0 Å². The molecule has 0 N–H and O–H groups in total. The van der Waals surface area contributed by atoms with Gasteiger partial charge in [-0.2, -0.15) is 0 Å². The van der Waals surface area contributed by atoms with Crippen LogP contribution in [0.15, 0.2) is 42.4 Å². The van der Waals surface area contributed by atoms with E-state index in [1.54, 1.807) is 0 Å². The van der Waals surface area contributed by atoms with Gasteiger partial charge in [0.25, 0.3) is 0 Å². The van der Waals surface area contributed by atoms with Crippen LogP contribution in [0.2, 0.25) is 0 Å². The molecule has 0 saturated carbocycles. The fourth-order valence-electron chi connectivity index (χ4n) is 1.40. The summed E-state index contributed by atoms with van der Waals surface area (Å²) in [6.07, 6.45) is 7.98. The summed E-state index contributed by atoms with van der Waals surface area (Å²) < 4.78 is 5.66. The maximum atomic E-state index is 5.66. The van der Waals surface area contributed by atoms with E-state index in [1.807, 2.05) is 18.2 Å². The van der Waals surface area contributed by atoms with Gasteiger partial charge in [0.15, 0.2) is 0 Å². The summed E-state index contributed by atoms with van der Waals surface area (Å²) in [4.78, 5) is 0. The zero-order valence-electron chi connectivity index (χ0n) is 8.46. The first-order chi connectivity index (χ1) is 6.81. The Morgan fingerprint density at radius 1 is 1.00 bits per heavy atom. The van der Waals surface area contributed by atoms with E-state index in [0.717, 1.165) is 30.7 Å². The second-order valence-corrected chi connectivity index (χ2v) is 3.14. The predicted molar refractivity (Wildman–Crippen MR) is 61.8 cm³/mol. The van der Waals surface area contributed by atoms with E-state index in [1.165, 1.54) is 5.46 Å². The quantitative estimate of drug-likeness (QED) is 0.622. The van der Waals surface area contributed by atoms with Crippen LogP contribution in [0.25, 0.3) is 0 Å². The zero-order chi connectivity index (χ0) is 10.4. The average molecular weight is 186 g/mol. The summed E-state index contributed by atoms with van der Waals surface area (Å²) in [6, 6.07) is 0. The van der Waals surface area contributed by atoms with Crippen molar-refractivity contribution in [2.75, 3.05) is 0 Å². The van der Waals surface area contributed by atoms with E-state index in [2.05, 4.69) is 26.6 Å². The van der Waals surface area contributed by atoms with E-state index in [9.17, 15) is 0 Å². The molecule has 0 atom stereocenters. The third-order valence-electron chi connectivity index (χ3n) is 1.99. The van der Waals surface area contributed by atoms with Crippen molar-refractivity contribution in [2.45, 2.75) is 19.3 Å². The Bertz CT molecular complexity index is 309. The van der Waals surface area contributed by atoms with Crippen molar-refractivity contribution in [1.82, 2.24) is 0 Å². The number of rotatable bonds is 6. The molecule has 1 aromatic rings. The van der Waals surface area contributed by atoms with E-state index < -0.39 is 0 Å². The van der Waals surface area contributed by atoms with Gasteiger partial charge in [-0.25, -0.2) is 0 Å². The van der Waals surface area contributed by atoms with Crippen LogP contribution in [-0.2, 0) is 19.3 Å². The topological polar surface area (TPSA) is 13.1 Å². The van der Waals surface area contributed by atoms with Gasteiger partial charge in [-0.1, -0.05) is 0 Å². The molecule has 2 heteroatoms. The third kappa shape index (κ3) is 2.59. The molecule has 0 aliphatic heterocycles. The third-order valence-corrected chi connectivity index (χ3v) is 1.99. The van der Waals surface area contributed by atoms with E-state index in [-0.39, 0.29) is 0 Å². The molecule has 0 spiro atoms. The van der Waals surface area contributed by atoms with Crippen LogP contribution < -0.4 is 0 Å². The van der Waals surface area contributed by atoms with Gasteiger partial charge in [-0.15, -0.1) is 0 Å². The molecule has 0 amide bonds. The van der Waals surface area contributed by atoms with Gasteiger partial charge in [0.2, 0.25) is 0 Å². The molecule has 14 heavy (non-hydrogen) atoms. The average Bonchev–Trinajstić information content (AvgIpc) is 2.50. The van der Waals surface area contributed by atoms with Crippen LogP contribution in [0.1, 0.15) is 16.9 Å². The molecule has 0 unspecified atom stereocenters. The van der Waals surface area contributed by atoms with Crippen LogP contribution >= 0.6 is 0 Å². The van der Waals surface area contributed by atoms with Crippen molar-refractivity contribution in [2.24, 2.45) is 0 Å². The second kappa shape index (κ2) is 5.43. The fourth-order valence-corrected chi connectivity index (χ4v) is 1.40. The molecule has 1 nitrogen and oxygen atoms in total. The minimum atomic E-state index is 0.778. The first-order valence-electron chi connectivity index (χ1n) is 4.75. The molecule has 1 aromatic heterocycles. The molecule has 0 saturated heterocycles. The molecule has 0 aromatic carbocycles. The van der Waals surface area contributed by atoms with Crippen molar-refractivity contribution in [3.63, 3.8) is 0 Å². The zero-order valence-corrected chi connectivity index (χ0v) is 8.46. The van der Waals surface area contributed by atoms with Gasteiger partial charge in [-0.3, -0.25) is 0 Å². The van der Waals surface area contributed by atoms with Crippen LogP contribution in [0, 0.1) is 0 Å². The Kier molecular flexibility index (Phi) is 4.18. The Labute approximate surface area is 86.0 Å². The molecule has 1 heterocycles. The first kappa shape index (κ1) is 10.8. The van der Waals surface area contributed by atoms with Crippen LogP contribution in [0.4, 0.5) is 0 Å². The molecule has 0 aliphatic rings. The van der Waals surface area contributed by atoms with Gasteiger partial charge in [0.05, 0.1) is 0 Å². The summed E-state index contributed by atoms with van der Waals surface area (Å²) in [5.74, 6) is 0.997. The number of allylic oxidation sites excluding steroid dienone is 3. The predicted octanol–water partition coefficient (Wildman–Crippen LogP) is 2.80. The molecule has 0 fully saturated rings. The molecule has 72 valence electrons. The maximum absolute atomic E-state index is 5.66. The summed E-state index contributed by atoms with van der Waals surface area (Å²) in [6.45, 7) is 13.2. The Balaban J connectivity index is 2.91. The van der Waals surface area contributed by atoms with Crippen molar-refractivity contribution < 1.29 is 4.42 Å². The standard InChI is InChI=1S/C12H15BO/c1-4-7-10-11(8-5-2)14-12(13-10)9-6-3/h4-6H,1-3,7-9H2. The second-order valence-electron chi connectivity index (χ2n) is 3.14. The Morgan fingerprint density at radius 2 is 1.64 bits per heavy atom. The minimum absolute atomic E-state index is 0.778.